The van der Waals surface area contributed by atoms with Crippen molar-refractivity contribution < 1.29 is 13.6 Å². The zero-order valence-electron chi connectivity index (χ0n) is 18.4. The topological polar surface area (TPSA) is 148 Å². The van der Waals surface area contributed by atoms with Gasteiger partial charge < -0.3 is 10.6 Å². The lowest BCUT2D eigenvalue weighted by molar-refractivity contribution is 0.186. The Hall–Kier alpha value is -4.91. The van der Waals surface area contributed by atoms with E-state index in [1.165, 1.54) is 27.9 Å². The van der Waals surface area contributed by atoms with Crippen LogP contribution in [0.5, 0.6) is 0 Å². The third-order valence-electron chi connectivity index (χ3n) is 5.04. The maximum atomic E-state index is 14.3. The number of hydrazone groups is 1. The summed E-state index contributed by atoms with van der Waals surface area (Å²) >= 11 is 0. The summed E-state index contributed by atoms with van der Waals surface area (Å²) in [6.07, 6.45) is 4.38. The largest absolute Gasteiger partial charge is 0.352 e. The van der Waals surface area contributed by atoms with E-state index in [1.54, 1.807) is 13.1 Å². The van der Waals surface area contributed by atoms with Gasteiger partial charge in [0.15, 0.2) is 11.6 Å². The van der Waals surface area contributed by atoms with Crippen LogP contribution >= 0.6 is 0 Å². The van der Waals surface area contributed by atoms with Crippen molar-refractivity contribution in [1.82, 2.24) is 29.8 Å². The Balaban J connectivity index is 1.36. The van der Waals surface area contributed by atoms with Crippen molar-refractivity contribution in [2.24, 2.45) is 5.10 Å². The van der Waals surface area contributed by atoms with Gasteiger partial charge in [0.2, 0.25) is 11.8 Å². The van der Waals surface area contributed by atoms with E-state index in [2.05, 4.69) is 30.7 Å². The molecule has 2 N–H and O–H groups in total. The van der Waals surface area contributed by atoms with Crippen molar-refractivity contribution in [2.45, 2.75) is 19.4 Å². The predicted octanol–water partition coefficient (Wildman–Crippen LogP) is 2.55. The molecule has 13 heteroatoms. The number of urea groups is 1. The van der Waals surface area contributed by atoms with Gasteiger partial charge in [-0.1, -0.05) is 0 Å². The van der Waals surface area contributed by atoms with E-state index in [9.17, 15) is 18.8 Å². The molecule has 2 aromatic heterocycles. The van der Waals surface area contributed by atoms with Crippen LogP contribution in [0.1, 0.15) is 35.1 Å². The summed E-state index contributed by atoms with van der Waals surface area (Å²) in [6.45, 7) is 2.02. The Morgan fingerprint density at radius 2 is 2.03 bits per heavy atom. The highest BCUT2D eigenvalue weighted by molar-refractivity contribution is 5.78. The molecule has 1 aliphatic rings. The van der Waals surface area contributed by atoms with Crippen LogP contribution in [0.2, 0.25) is 0 Å². The van der Waals surface area contributed by atoms with Crippen molar-refractivity contribution in [3.05, 3.63) is 64.9 Å². The van der Waals surface area contributed by atoms with Crippen LogP contribution in [-0.4, -0.2) is 49.9 Å². The molecule has 3 aromatic rings. The van der Waals surface area contributed by atoms with Gasteiger partial charge in [0.25, 0.3) is 0 Å². The molecule has 0 unspecified atom stereocenters. The minimum absolute atomic E-state index is 0.0146. The number of imidazole rings is 1. The van der Waals surface area contributed by atoms with Crippen molar-refractivity contribution in [3.63, 3.8) is 0 Å². The van der Waals surface area contributed by atoms with E-state index in [0.717, 1.165) is 12.3 Å². The molecule has 3 heterocycles. The van der Waals surface area contributed by atoms with Crippen LogP contribution in [0.3, 0.4) is 0 Å². The van der Waals surface area contributed by atoms with E-state index in [4.69, 9.17) is 5.26 Å². The monoisotopic (exact) mass is 476 g/mol. The Morgan fingerprint density at radius 1 is 1.20 bits per heavy atom. The summed E-state index contributed by atoms with van der Waals surface area (Å²) in [5.41, 5.74) is 1.15. The molecule has 1 aliphatic heterocycles. The van der Waals surface area contributed by atoms with E-state index in [0.29, 0.717) is 17.7 Å². The molecule has 0 spiro atoms. The van der Waals surface area contributed by atoms with Crippen LogP contribution in [0.25, 0.3) is 5.82 Å². The highest BCUT2D eigenvalue weighted by Crippen LogP contribution is 2.29. The van der Waals surface area contributed by atoms with Gasteiger partial charge in [-0.05, 0) is 30.7 Å². The average molecular weight is 476 g/mol. The molecular formula is C22H18F2N10O. The summed E-state index contributed by atoms with van der Waals surface area (Å²) in [4.78, 5) is 24.6. The molecule has 0 saturated heterocycles. The van der Waals surface area contributed by atoms with Crippen molar-refractivity contribution in [3.8, 4) is 18.0 Å². The number of hydrogen-bond acceptors (Lipinski definition) is 8. The SMILES string of the molecule is Cc1cn(-c2nc(NCCNC(=O)N3N=CC[C@H]3c3cc(F)cc(C#N)c3)ncc2F)c(C#N)n1. The van der Waals surface area contributed by atoms with Crippen LogP contribution in [-0.2, 0) is 0 Å². The first kappa shape index (κ1) is 23.3. The number of halogens is 2. The average Bonchev–Trinajstić information content (AvgIpc) is 3.49. The van der Waals surface area contributed by atoms with E-state index in [1.807, 2.05) is 12.1 Å². The van der Waals surface area contributed by atoms with Gasteiger partial charge in [0.05, 0.1) is 29.6 Å². The lowest BCUT2D eigenvalue weighted by atomic mass is 10.0. The number of amides is 2. The lowest BCUT2D eigenvalue weighted by Crippen LogP contribution is -2.39. The molecule has 0 bridgehead atoms. The predicted molar refractivity (Wildman–Crippen MR) is 119 cm³/mol. The van der Waals surface area contributed by atoms with Gasteiger partial charge in [0, 0.05) is 31.9 Å². The normalized spacial score (nSPS) is 14.4. The number of aromatic nitrogens is 4. The Morgan fingerprint density at radius 3 is 2.80 bits per heavy atom. The van der Waals surface area contributed by atoms with Crippen molar-refractivity contribution >= 4 is 18.2 Å². The number of benzene rings is 1. The summed E-state index contributed by atoms with van der Waals surface area (Å²) in [5, 5.41) is 29.1. The molecule has 0 aliphatic carbocycles. The number of nitrogens with zero attached hydrogens (tertiary/aromatic N) is 8. The minimum atomic E-state index is -0.729. The molecule has 0 saturated carbocycles. The van der Waals surface area contributed by atoms with E-state index in [-0.39, 0.29) is 36.2 Å². The highest BCUT2D eigenvalue weighted by atomic mass is 19.1. The lowest BCUT2D eigenvalue weighted by Gasteiger charge is -2.22. The van der Waals surface area contributed by atoms with Gasteiger partial charge >= 0.3 is 6.03 Å². The second-order valence-corrected chi connectivity index (χ2v) is 7.49. The van der Waals surface area contributed by atoms with Gasteiger partial charge in [-0.2, -0.15) is 20.6 Å². The fourth-order valence-corrected chi connectivity index (χ4v) is 3.53. The fraction of sp³-hybridized carbons (Fsp3) is 0.227. The molecule has 35 heavy (non-hydrogen) atoms. The Bertz CT molecular complexity index is 1390. The van der Waals surface area contributed by atoms with Gasteiger partial charge in [0.1, 0.15) is 11.9 Å². The van der Waals surface area contributed by atoms with E-state index < -0.39 is 23.7 Å². The molecule has 4 rings (SSSR count). The molecular weight excluding hydrogens is 458 g/mol. The zero-order chi connectivity index (χ0) is 24.9. The number of carbonyl (C=O) groups excluding carboxylic acids is 1. The molecule has 1 atom stereocenters. The number of carbonyl (C=O) groups is 1. The molecule has 0 fully saturated rings. The van der Waals surface area contributed by atoms with E-state index >= 15 is 0 Å². The molecule has 1 aromatic carbocycles. The second kappa shape index (κ2) is 9.93. The quantitative estimate of drug-likeness (QED) is 0.520. The highest BCUT2D eigenvalue weighted by Gasteiger charge is 2.28. The van der Waals surface area contributed by atoms with Crippen LogP contribution in [0.4, 0.5) is 19.5 Å². The Labute approximate surface area is 198 Å². The van der Waals surface area contributed by atoms with Crippen molar-refractivity contribution in [1.29, 1.82) is 10.5 Å². The molecule has 2 amide bonds. The van der Waals surface area contributed by atoms with Gasteiger partial charge in [-0.3, -0.25) is 4.57 Å². The third-order valence-corrected chi connectivity index (χ3v) is 5.04. The standard InChI is InChI=1S/C22H18F2N10O/c1-13-12-33(19(10-26)31-13)20-17(24)11-29-21(32-20)27-4-5-28-22(35)34-18(2-3-30-34)15-6-14(9-25)7-16(23)8-15/h3,6-8,11-12,18H,2,4-5H2,1H3,(H,28,35)(H,27,29,32)/t18-/m0/s1. The maximum absolute atomic E-state index is 14.3. The smallest absolute Gasteiger partial charge is 0.338 e. The second-order valence-electron chi connectivity index (χ2n) is 7.49. The number of rotatable bonds is 6. The first-order valence-corrected chi connectivity index (χ1v) is 10.4. The first-order valence-electron chi connectivity index (χ1n) is 10.4. The molecule has 11 nitrogen and oxygen atoms in total. The van der Waals surface area contributed by atoms with Crippen LogP contribution in [0.15, 0.2) is 35.7 Å². The molecule has 176 valence electrons. The van der Waals surface area contributed by atoms with Gasteiger partial charge in [-0.25, -0.2) is 28.6 Å². The summed E-state index contributed by atoms with van der Waals surface area (Å²) in [6, 6.07) is 6.63. The van der Waals surface area contributed by atoms with Crippen LogP contribution in [0, 0.1) is 41.2 Å². The number of anilines is 1. The number of nitrogens with one attached hydrogen (secondary N) is 2. The Kier molecular flexibility index (Phi) is 6.59. The first-order chi connectivity index (χ1) is 16.9. The third kappa shape index (κ3) is 5.04. The van der Waals surface area contributed by atoms with Gasteiger partial charge in [-0.15, -0.1) is 0 Å². The molecule has 0 radical (unpaired) electrons. The fourth-order valence-electron chi connectivity index (χ4n) is 3.53. The number of nitriles is 2. The summed E-state index contributed by atoms with van der Waals surface area (Å²) < 4.78 is 29.3. The van der Waals surface area contributed by atoms with Crippen molar-refractivity contribution in [2.75, 3.05) is 18.4 Å². The summed E-state index contributed by atoms with van der Waals surface area (Å²) in [7, 11) is 0. The summed E-state index contributed by atoms with van der Waals surface area (Å²) in [5.74, 6) is -1.36. The zero-order valence-corrected chi connectivity index (χ0v) is 18.4. The number of aryl methyl sites for hydroxylation is 1. The van der Waals surface area contributed by atoms with Crippen LogP contribution < -0.4 is 10.6 Å². The minimum Gasteiger partial charge on any atom is -0.352 e. The number of hydrogen-bond donors (Lipinski definition) is 2. The maximum Gasteiger partial charge on any atom is 0.338 e.